The van der Waals surface area contributed by atoms with Crippen LogP contribution in [0.15, 0.2) is 30.3 Å². The van der Waals surface area contributed by atoms with E-state index in [1.54, 1.807) is 0 Å². The Morgan fingerprint density at radius 1 is 0.667 bits per heavy atom. The Morgan fingerprint density at radius 3 is 1.41 bits per heavy atom. The van der Waals surface area contributed by atoms with Gasteiger partial charge in [-0.15, -0.1) is 0 Å². The fourth-order valence-corrected chi connectivity index (χ4v) is 4.17. The van der Waals surface area contributed by atoms with Crippen molar-refractivity contribution in [3.05, 3.63) is 35.9 Å². The van der Waals surface area contributed by atoms with E-state index < -0.39 is 0 Å². The molecule has 3 fully saturated rings. The van der Waals surface area contributed by atoms with Crippen molar-refractivity contribution in [3.63, 3.8) is 0 Å². The largest absolute Gasteiger partial charge is 0.462 e. The van der Waals surface area contributed by atoms with Gasteiger partial charge in [-0.05, 0) is 73.3 Å². The van der Waals surface area contributed by atoms with Gasteiger partial charge >= 0.3 is 14.2 Å². The zero-order chi connectivity index (χ0) is 19.9. The van der Waals surface area contributed by atoms with Gasteiger partial charge in [-0.2, -0.15) is 0 Å². The van der Waals surface area contributed by atoms with Crippen LogP contribution in [0.4, 0.5) is 0 Å². The third-order valence-electron chi connectivity index (χ3n) is 7.63. The molecule has 2 heterocycles. The summed E-state index contributed by atoms with van der Waals surface area (Å²) in [6, 6.07) is 10.6. The van der Waals surface area contributed by atoms with Gasteiger partial charge in [0, 0.05) is 5.21 Å². The molecule has 0 aromatic heterocycles. The highest BCUT2D eigenvalue weighted by Gasteiger charge is 2.78. The summed E-state index contributed by atoms with van der Waals surface area (Å²) in [5.74, 6) is 0.295. The van der Waals surface area contributed by atoms with Crippen molar-refractivity contribution >= 4 is 14.2 Å². The van der Waals surface area contributed by atoms with Crippen LogP contribution in [0.25, 0.3) is 0 Å². The first kappa shape index (κ1) is 19.5. The van der Waals surface area contributed by atoms with Crippen LogP contribution in [0.2, 0.25) is 5.21 Å². The van der Waals surface area contributed by atoms with Crippen molar-refractivity contribution in [2.75, 3.05) is 0 Å². The molecule has 27 heavy (non-hydrogen) atoms. The molecule has 6 heteroatoms. The highest BCUT2D eigenvalue weighted by atomic mass is 16.7. The van der Waals surface area contributed by atoms with E-state index in [2.05, 4.69) is 85.7 Å². The molecule has 2 saturated heterocycles. The summed E-state index contributed by atoms with van der Waals surface area (Å²) in [7, 11) is -0.718. The normalized spacial score (nSPS) is 31.9. The molecule has 1 unspecified atom stereocenters. The summed E-state index contributed by atoms with van der Waals surface area (Å²) in [4.78, 5) is 0. The Kier molecular flexibility index (Phi) is 4.06. The zero-order valence-electron chi connectivity index (χ0n) is 18.0. The topological polar surface area (TPSA) is 36.9 Å². The molecule has 2 aliphatic heterocycles. The Labute approximate surface area is 164 Å². The lowest BCUT2D eigenvalue weighted by Gasteiger charge is -2.32. The van der Waals surface area contributed by atoms with Crippen LogP contribution in [0.5, 0.6) is 0 Å². The zero-order valence-corrected chi connectivity index (χ0v) is 18.0. The van der Waals surface area contributed by atoms with Gasteiger partial charge in [-0.3, -0.25) is 0 Å². The molecule has 4 nitrogen and oxygen atoms in total. The maximum atomic E-state index is 6.51. The molecule has 1 aliphatic carbocycles. The first-order chi connectivity index (χ1) is 12.3. The summed E-state index contributed by atoms with van der Waals surface area (Å²) in [5.41, 5.74) is -0.214. The molecule has 1 saturated carbocycles. The minimum atomic E-state index is -0.377. The van der Waals surface area contributed by atoms with Crippen LogP contribution in [0.1, 0.15) is 73.3 Å². The van der Waals surface area contributed by atoms with Gasteiger partial charge < -0.3 is 18.6 Å². The summed E-state index contributed by atoms with van der Waals surface area (Å²) < 4.78 is 26.0. The molecule has 0 N–H and O–H groups in total. The highest BCUT2D eigenvalue weighted by molar-refractivity contribution is 6.73. The van der Waals surface area contributed by atoms with E-state index in [1.165, 1.54) is 5.56 Å². The SMILES string of the molecule is CC1(C)OB(C2(B3OC(C)(C)C(C)(C)O3)CC2c2ccccc2)OC1(C)C. The Hall–Kier alpha value is -0.810. The molecular weight excluding hydrogens is 338 g/mol. The quantitative estimate of drug-likeness (QED) is 0.727. The van der Waals surface area contributed by atoms with E-state index in [0.717, 1.165) is 6.42 Å². The minimum Gasteiger partial charge on any atom is -0.403 e. The standard InChI is InChI=1S/C21H32B2O4/c1-17(2)18(3,4)25-22(24-17)21(14-16(21)15-12-10-9-11-13-15)23-26-19(5,6)20(7,8)27-23/h9-13,16H,14H2,1-8H3. The number of benzene rings is 1. The minimum absolute atomic E-state index is 0.295. The van der Waals surface area contributed by atoms with Crippen LogP contribution in [0, 0.1) is 0 Å². The van der Waals surface area contributed by atoms with Crippen LogP contribution in [-0.4, -0.2) is 36.6 Å². The smallest absolute Gasteiger partial charge is 0.403 e. The maximum absolute atomic E-state index is 6.51. The van der Waals surface area contributed by atoms with Crippen molar-refractivity contribution in [2.24, 2.45) is 0 Å². The van der Waals surface area contributed by atoms with E-state index in [9.17, 15) is 0 Å². The van der Waals surface area contributed by atoms with Crippen LogP contribution >= 0.6 is 0 Å². The summed E-state index contributed by atoms with van der Waals surface area (Å²) in [6.07, 6.45) is 0.935. The summed E-state index contributed by atoms with van der Waals surface area (Å²) >= 11 is 0. The first-order valence-electron chi connectivity index (χ1n) is 10.1. The van der Waals surface area contributed by atoms with E-state index in [4.69, 9.17) is 18.6 Å². The molecule has 1 aromatic carbocycles. The number of hydrogen-bond acceptors (Lipinski definition) is 4. The fourth-order valence-electron chi connectivity index (χ4n) is 4.17. The molecule has 0 radical (unpaired) electrons. The van der Waals surface area contributed by atoms with E-state index in [1.807, 2.05) is 0 Å². The third-order valence-corrected chi connectivity index (χ3v) is 7.63. The van der Waals surface area contributed by atoms with Gasteiger partial charge in [0.1, 0.15) is 0 Å². The Morgan fingerprint density at radius 2 is 1.04 bits per heavy atom. The third kappa shape index (κ3) is 2.75. The van der Waals surface area contributed by atoms with Gasteiger partial charge in [0.05, 0.1) is 22.4 Å². The van der Waals surface area contributed by atoms with Crippen molar-refractivity contribution in [1.82, 2.24) is 0 Å². The lowest BCUT2D eigenvalue weighted by molar-refractivity contribution is 0.00578. The van der Waals surface area contributed by atoms with Gasteiger partial charge in [0.25, 0.3) is 0 Å². The van der Waals surface area contributed by atoms with Crippen LogP contribution < -0.4 is 0 Å². The maximum Gasteiger partial charge on any atom is 0.462 e. The van der Waals surface area contributed by atoms with Gasteiger partial charge in [-0.25, -0.2) is 0 Å². The fraction of sp³-hybridized carbons (Fsp3) is 0.714. The monoisotopic (exact) mass is 370 g/mol. The van der Waals surface area contributed by atoms with Gasteiger partial charge in [0.2, 0.25) is 0 Å². The Bertz CT molecular complexity index is 661. The highest BCUT2D eigenvalue weighted by Crippen LogP contribution is 2.73. The van der Waals surface area contributed by atoms with Crippen molar-refractivity contribution in [3.8, 4) is 0 Å². The summed E-state index contributed by atoms with van der Waals surface area (Å²) in [5, 5.41) is -0.336. The second kappa shape index (κ2) is 5.63. The van der Waals surface area contributed by atoms with E-state index >= 15 is 0 Å². The number of hydrogen-bond donors (Lipinski definition) is 0. The van der Waals surface area contributed by atoms with Gasteiger partial charge in [0.15, 0.2) is 0 Å². The van der Waals surface area contributed by atoms with Gasteiger partial charge in [-0.1, -0.05) is 30.3 Å². The predicted molar refractivity (Wildman–Crippen MR) is 109 cm³/mol. The molecule has 0 amide bonds. The molecule has 1 atom stereocenters. The number of rotatable bonds is 3. The Balaban J connectivity index is 1.71. The molecule has 1 aromatic rings. The molecular formula is C21H32B2O4. The lowest BCUT2D eigenvalue weighted by atomic mass is 9.46. The molecule has 3 aliphatic rings. The average Bonchev–Trinajstić information content (AvgIpc) is 3.19. The van der Waals surface area contributed by atoms with Crippen LogP contribution in [0.3, 0.4) is 0 Å². The molecule has 146 valence electrons. The lowest BCUT2D eigenvalue weighted by Crippen LogP contribution is -2.41. The van der Waals surface area contributed by atoms with E-state index in [0.29, 0.717) is 5.92 Å². The van der Waals surface area contributed by atoms with Crippen molar-refractivity contribution in [1.29, 1.82) is 0 Å². The molecule has 0 bridgehead atoms. The van der Waals surface area contributed by atoms with E-state index in [-0.39, 0.29) is 41.9 Å². The van der Waals surface area contributed by atoms with Crippen LogP contribution in [-0.2, 0) is 18.6 Å². The van der Waals surface area contributed by atoms with Crippen molar-refractivity contribution < 1.29 is 18.6 Å². The molecule has 0 spiro atoms. The molecule has 4 rings (SSSR count). The average molecular weight is 370 g/mol. The second-order valence-corrected chi connectivity index (χ2v) is 10.5. The summed E-state index contributed by atoms with van der Waals surface area (Å²) in [6.45, 7) is 16.8. The first-order valence-corrected chi connectivity index (χ1v) is 10.1. The second-order valence-electron chi connectivity index (χ2n) is 10.5. The predicted octanol–water partition coefficient (Wildman–Crippen LogP) is 4.64. The van der Waals surface area contributed by atoms with Crippen molar-refractivity contribution in [2.45, 2.75) is 95.3 Å².